The number of amides is 1. The van der Waals surface area contributed by atoms with E-state index in [1.807, 2.05) is 4.90 Å². The molecule has 0 aliphatic carbocycles. The van der Waals surface area contributed by atoms with E-state index in [9.17, 15) is 9.59 Å². The zero-order valence-corrected chi connectivity index (χ0v) is 16.0. The molecule has 1 unspecified atom stereocenters. The van der Waals surface area contributed by atoms with Crippen LogP contribution in [-0.4, -0.2) is 49.7 Å². The van der Waals surface area contributed by atoms with Crippen LogP contribution >= 0.6 is 11.8 Å². The van der Waals surface area contributed by atoms with Gasteiger partial charge >= 0.3 is 0 Å². The van der Waals surface area contributed by atoms with Crippen LogP contribution in [-0.2, 0) is 14.0 Å². The zero-order valence-electron chi connectivity index (χ0n) is 14.2. The van der Waals surface area contributed by atoms with Crippen LogP contribution in [0, 0.1) is 5.92 Å². The number of carbonyl (C=O) groups is 2. The lowest BCUT2D eigenvalue weighted by Crippen LogP contribution is -2.43. The van der Waals surface area contributed by atoms with Gasteiger partial charge in [0.05, 0.1) is 6.61 Å². The average molecular weight is 332 g/mol. The molecule has 1 fully saturated rings. The van der Waals surface area contributed by atoms with E-state index in [2.05, 4.69) is 33.9 Å². The molecule has 122 valence electrons. The van der Waals surface area contributed by atoms with Crippen molar-refractivity contribution in [3.05, 3.63) is 0 Å². The second-order valence-corrected chi connectivity index (χ2v) is 13.3. The van der Waals surface area contributed by atoms with E-state index in [1.54, 1.807) is 6.92 Å². The second-order valence-electron chi connectivity index (χ2n) is 7.32. The molecule has 1 aliphatic rings. The lowest BCUT2D eigenvalue weighted by Gasteiger charge is -2.36. The highest BCUT2D eigenvalue weighted by Gasteiger charge is 2.37. The first kappa shape index (κ1) is 18.7. The van der Waals surface area contributed by atoms with E-state index in [0.29, 0.717) is 25.5 Å². The summed E-state index contributed by atoms with van der Waals surface area (Å²) in [5.41, 5.74) is 0. The zero-order chi connectivity index (χ0) is 16.3. The fraction of sp³-hybridized carbons (Fsp3) is 0.867. The van der Waals surface area contributed by atoms with Gasteiger partial charge in [0.25, 0.3) is 0 Å². The molecule has 21 heavy (non-hydrogen) atoms. The maximum atomic E-state index is 12.0. The molecule has 1 aliphatic heterocycles. The summed E-state index contributed by atoms with van der Waals surface area (Å²) >= 11 is 1.32. The molecule has 1 heterocycles. The minimum atomic E-state index is -1.73. The number of carbonyl (C=O) groups excluding carboxylic acids is 2. The fourth-order valence-electron chi connectivity index (χ4n) is 2.04. The molecule has 0 aromatic heterocycles. The van der Waals surface area contributed by atoms with Crippen LogP contribution in [0.2, 0.25) is 18.1 Å². The molecule has 0 spiro atoms. The van der Waals surface area contributed by atoms with Gasteiger partial charge in [-0.15, -0.1) is 0 Å². The summed E-state index contributed by atoms with van der Waals surface area (Å²) in [7, 11) is -1.73. The Bertz CT molecular complexity index is 393. The lowest BCUT2D eigenvalue weighted by atomic mass is 10.1. The highest BCUT2D eigenvalue weighted by Crippen LogP contribution is 2.36. The van der Waals surface area contributed by atoms with Crippen LogP contribution in [0.5, 0.6) is 0 Å². The number of nitrogens with zero attached hydrogens (tertiary/aromatic N) is 1. The average Bonchev–Trinajstić information content (AvgIpc) is 2.66. The Balaban J connectivity index is 2.36. The third-order valence-electron chi connectivity index (χ3n) is 4.45. The molecule has 1 atom stereocenters. The topological polar surface area (TPSA) is 46.6 Å². The van der Waals surface area contributed by atoms with Gasteiger partial charge in [-0.1, -0.05) is 32.5 Å². The molecule has 0 aromatic carbocycles. The van der Waals surface area contributed by atoms with Gasteiger partial charge in [0.15, 0.2) is 13.4 Å². The summed E-state index contributed by atoms with van der Waals surface area (Å²) in [6, 6.07) is 0. The number of likely N-dealkylation sites (tertiary alicyclic amines) is 1. The van der Waals surface area contributed by atoms with Gasteiger partial charge in [0.1, 0.15) is 0 Å². The maximum Gasteiger partial charge on any atom is 0.223 e. The van der Waals surface area contributed by atoms with E-state index in [1.165, 1.54) is 11.8 Å². The molecule has 1 amide bonds. The van der Waals surface area contributed by atoms with E-state index >= 15 is 0 Å². The van der Waals surface area contributed by atoms with E-state index in [4.69, 9.17) is 4.43 Å². The third-order valence-corrected chi connectivity index (χ3v) is 10.0. The fourth-order valence-corrected chi connectivity index (χ4v) is 3.77. The van der Waals surface area contributed by atoms with Gasteiger partial charge < -0.3 is 9.33 Å². The normalized spacial score (nSPS) is 20.2. The number of rotatable bonds is 6. The molecule has 0 N–H and O–H groups in total. The SMILES string of the molecule is CC(=O)SCC1CC(=O)N(CCO[Si](C)(C)C(C)(C)C)C1. The molecule has 0 aromatic rings. The largest absolute Gasteiger partial charge is 0.415 e. The van der Waals surface area contributed by atoms with Gasteiger partial charge in [-0.25, -0.2) is 0 Å². The first-order chi connectivity index (χ1) is 9.53. The van der Waals surface area contributed by atoms with Crippen molar-refractivity contribution in [2.75, 3.05) is 25.4 Å². The van der Waals surface area contributed by atoms with Gasteiger partial charge in [0, 0.05) is 32.2 Å². The predicted octanol–water partition coefficient (Wildman–Crippen LogP) is 3.14. The van der Waals surface area contributed by atoms with E-state index < -0.39 is 8.32 Å². The summed E-state index contributed by atoms with van der Waals surface area (Å²) in [6.07, 6.45) is 0.570. The highest BCUT2D eigenvalue weighted by atomic mass is 32.2. The number of hydrogen-bond acceptors (Lipinski definition) is 4. The van der Waals surface area contributed by atoms with Crippen molar-refractivity contribution in [1.82, 2.24) is 4.90 Å². The molecule has 6 heteroatoms. The number of thioether (sulfide) groups is 1. The smallest absolute Gasteiger partial charge is 0.223 e. The van der Waals surface area contributed by atoms with E-state index in [-0.39, 0.29) is 16.1 Å². The van der Waals surface area contributed by atoms with Gasteiger partial charge in [-0.2, -0.15) is 0 Å². The first-order valence-electron chi connectivity index (χ1n) is 7.58. The summed E-state index contributed by atoms with van der Waals surface area (Å²) in [4.78, 5) is 24.8. The number of hydrogen-bond donors (Lipinski definition) is 0. The summed E-state index contributed by atoms with van der Waals surface area (Å²) in [5, 5.41) is 0.324. The highest BCUT2D eigenvalue weighted by molar-refractivity contribution is 8.13. The Kier molecular flexibility index (Phi) is 6.49. The van der Waals surface area contributed by atoms with Crippen LogP contribution in [0.3, 0.4) is 0 Å². The molecule has 0 bridgehead atoms. The Hall–Kier alpha value is -0.333. The Morgan fingerprint density at radius 3 is 2.57 bits per heavy atom. The Labute approximate surface area is 134 Å². The van der Waals surface area contributed by atoms with Crippen molar-refractivity contribution < 1.29 is 14.0 Å². The van der Waals surface area contributed by atoms with Crippen LogP contribution < -0.4 is 0 Å². The lowest BCUT2D eigenvalue weighted by molar-refractivity contribution is -0.128. The van der Waals surface area contributed by atoms with Crippen molar-refractivity contribution in [3.8, 4) is 0 Å². The van der Waals surface area contributed by atoms with Gasteiger partial charge in [0.2, 0.25) is 5.91 Å². The van der Waals surface area contributed by atoms with Crippen LogP contribution in [0.4, 0.5) is 0 Å². The Morgan fingerprint density at radius 1 is 1.43 bits per heavy atom. The Morgan fingerprint density at radius 2 is 2.05 bits per heavy atom. The monoisotopic (exact) mass is 331 g/mol. The van der Waals surface area contributed by atoms with Gasteiger partial charge in [-0.05, 0) is 24.1 Å². The predicted molar refractivity (Wildman–Crippen MR) is 91.0 cm³/mol. The quantitative estimate of drug-likeness (QED) is 0.702. The molecule has 0 radical (unpaired) electrons. The van der Waals surface area contributed by atoms with E-state index in [0.717, 1.165) is 12.3 Å². The van der Waals surface area contributed by atoms with Gasteiger partial charge in [-0.3, -0.25) is 9.59 Å². The molecule has 1 saturated heterocycles. The van der Waals surface area contributed by atoms with Crippen molar-refractivity contribution in [3.63, 3.8) is 0 Å². The molecular weight excluding hydrogens is 302 g/mol. The standard InChI is InChI=1S/C15H29NO3SSi/c1-12(17)20-11-13-9-14(18)16(10-13)7-8-19-21(5,6)15(2,3)4/h13H,7-11H2,1-6H3. The van der Waals surface area contributed by atoms with Crippen LogP contribution in [0.15, 0.2) is 0 Å². The van der Waals surface area contributed by atoms with Crippen LogP contribution in [0.25, 0.3) is 0 Å². The van der Waals surface area contributed by atoms with Crippen molar-refractivity contribution in [2.45, 2.75) is 52.2 Å². The maximum absolute atomic E-state index is 12.0. The molecule has 0 saturated carbocycles. The minimum Gasteiger partial charge on any atom is -0.415 e. The van der Waals surface area contributed by atoms with Crippen molar-refractivity contribution >= 4 is 31.1 Å². The minimum absolute atomic E-state index is 0.127. The molecule has 4 nitrogen and oxygen atoms in total. The third kappa shape index (κ3) is 5.75. The van der Waals surface area contributed by atoms with Crippen molar-refractivity contribution in [1.29, 1.82) is 0 Å². The molecular formula is C15H29NO3SSi. The van der Waals surface area contributed by atoms with Crippen molar-refractivity contribution in [2.24, 2.45) is 5.92 Å². The first-order valence-corrected chi connectivity index (χ1v) is 11.5. The summed E-state index contributed by atoms with van der Waals surface area (Å²) in [6.45, 7) is 14.7. The van der Waals surface area contributed by atoms with Crippen LogP contribution in [0.1, 0.15) is 34.1 Å². The summed E-state index contributed by atoms with van der Waals surface area (Å²) < 4.78 is 6.12. The second kappa shape index (κ2) is 7.29. The molecule has 1 rings (SSSR count). The summed E-state index contributed by atoms with van der Waals surface area (Å²) in [5.74, 6) is 1.25.